The van der Waals surface area contributed by atoms with Gasteiger partial charge in [0.25, 0.3) is 0 Å². The molecule has 1 unspecified atom stereocenters. The summed E-state index contributed by atoms with van der Waals surface area (Å²) in [5.74, 6) is 0.130. The molecular formula is C8H15ClN2O2. The summed E-state index contributed by atoms with van der Waals surface area (Å²) in [6.45, 7) is 2.76. The van der Waals surface area contributed by atoms with E-state index >= 15 is 0 Å². The molecule has 1 fully saturated rings. The monoisotopic (exact) mass is 206 g/mol. The highest BCUT2D eigenvalue weighted by Gasteiger charge is 2.26. The number of carbonyl (C=O) groups excluding carboxylic acids is 1. The minimum atomic E-state index is -0.0228. The fraction of sp³-hybridized carbons (Fsp3) is 0.875. The van der Waals surface area contributed by atoms with E-state index in [0.717, 1.165) is 6.54 Å². The van der Waals surface area contributed by atoms with Crippen LogP contribution >= 0.6 is 11.6 Å². The Labute approximate surface area is 82.9 Å². The molecule has 0 aromatic heterocycles. The number of aliphatic hydroxyl groups is 1. The molecule has 0 spiro atoms. The van der Waals surface area contributed by atoms with Crippen LogP contribution in [0.15, 0.2) is 0 Å². The van der Waals surface area contributed by atoms with Crippen LogP contribution in [0.3, 0.4) is 0 Å². The van der Waals surface area contributed by atoms with E-state index in [4.69, 9.17) is 16.7 Å². The van der Waals surface area contributed by atoms with Crippen LogP contribution in [-0.4, -0.2) is 54.1 Å². The van der Waals surface area contributed by atoms with Gasteiger partial charge in [0.05, 0.1) is 12.0 Å². The van der Waals surface area contributed by atoms with Crippen LogP contribution in [0.2, 0.25) is 0 Å². The van der Waals surface area contributed by atoms with Crippen LogP contribution in [-0.2, 0) is 4.79 Å². The highest BCUT2D eigenvalue weighted by Crippen LogP contribution is 2.15. The number of aliphatic hydroxyl groups excluding tert-OH is 1. The molecule has 5 heteroatoms. The zero-order valence-electron chi connectivity index (χ0n) is 7.50. The standard InChI is InChI=1S/C8H15ClN2O2/c9-7-5-8(13)11(6-7)3-1-10-2-4-12/h7,10,12H,1-6H2. The zero-order chi connectivity index (χ0) is 9.68. The van der Waals surface area contributed by atoms with Gasteiger partial charge >= 0.3 is 0 Å². The van der Waals surface area contributed by atoms with Crippen molar-refractivity contribution in [2.24, 2.45) is 0 Å². The van der Waals surface area contributed by atoms with E-state index in [0.29, 0.717) is 26.1 Å². The molecule has 0 aliphatic carbocycles. The van der Waals surface area contributed by atoms with Crippen LogP contribution < -0.4 is 5.32 Å². The largest absolute Gasteiger partial charge is 0.395 e. The number of rotatable bonds is 5. The summed E-state index contributed by atoms with van der Waals surface area (Å²) in [7, 11) is 0. The molecule has 1 amide bonds. The summed E-state index contributed by atoms with van der Waals surface area (Å²) in [6, 6.07) is 0. The lowest BCUT2D eigenvalue weighted by Gasteiger charge is -2.15. The van der Waals surface area contributed by atoms with Gasteiger partial charge in [-0.15, -0.1) is 11.6 Å². The van der Waals surface area contributed by atoms with Crippen molar-refractivity contribution >= 4 is 17.5 Å². The summed E-state index contributed by atoms with van der Waals surface area (Å²) in [4.78, 5) is 13.0. The lowest BCUT2D eigenvalue weighted by molar-refractivity contribution is -0.127. The SMILES string of the molecule is O=C1CC(Cl)CN1CCNCCO. The molecular weight excluding hydrogens is 192 g/mol. The van der Waals surface area contributed by atoms with E-state index in [-0.39, 0.29) is 17.9 Å². The molecule has 4 nitrogen and oxygen atoms in total. The third-order valence-electron chi connectivity index (χ3n) is 2.01. The van der Waals surface area contributed by atoms with Crippen LogP contribution in [0.4, 0.5) is 0 Å². The molecule has 1 rings (SSSR count). The number of amides is 1. The molecule has 0 bridgehead atoms. The molecule has 76 valence electrons. The van der Waals surface area contributed by atoms with Crippen molar-refractivity contribution in [3.8, 4) is 0 Å². The average Bonchev–Trinajstić information content (AvgIpc) is 2.39. The third-order valence-corrected chi connectivity index (χ3v) is 2.31. The first-order chi connectivity index (χ1) is 6.24. The number of likely N-dealkylation sites (tertiary alicyclic amines) is 1. The Balaban J connectivity index is 2.11. The van der Waals surface area contributed by atoms with Crippen molar-refractivity contribution in [3.63, 3.8) is 0 Å². The van der Waals surface area contributed by atoms with Gasteiger partial charge in [-0.05, 0) is 0 Å². The maximum absolute atomic E-state index is 11.2. The van der Waals surface area contributed by atoms with E-state index < -0.39 is 0 Å². The normalized spacial score (nSPS) is 22.8. The lowest BCUT2D eigenvalue weighted by Crippen LogP contribution is -2.34. The first-order valence-electron chi connectivity index (χ1n) is 4.47. The molecule has 0 radical (unpaired) electrons. The van der Waals surface area contributed by atoms with E-state index in [9.17, 15) is 4.79 Å². The number of nitrogens with zero attached hydrogens (tertiary/aromatic N) is 1. The number of hydrogen-bond acceptors (Lipinski definition) is 3. The first kappa shape index (κ1) is 10.8. The Morgan fingerprint density at radius 3 is 2.92 bits per heavy atom. The van der Waals surface area contributed by atoms with Gasteiger partial charge in [0.2, 0.25) is 5.91 Å². The van der Waals surface area contributed by atoms with Crippen molar-refractivity contribution in [2.45, 2.75) is 11.8 Å². The van der Waals surface area contributed by atoms with Crippen LogP contribution in [0.5, 0.6) is 0 Å². The highest BCUT2D eigenvalue weighted by molar-refractivity contribution is 6.22. The summed E-state index contributed by atoms with van der Waals surface area (Å²) < 4.78 is 0. The minimum absolute atomic E-state index is 0.0228. The van der Waals surface area contributed by atoms with Gasteiger partial charge in [-0.2, -0.15) is 0 Å². The number of alkyl halides is 1. The fourth-order valence-corrected chi connectivity index (χ4v) is 1.66. The first-order valence-corrected chi connectivity index (χ1v) is 4.91. The Morgan fingerprint density at radius 1 is 1.62 bits per heavy atom. The zero-order valence-corrected chi connectivity index (χ0v) is 8.26. The predicted molar refractivity (Wildman–Crippen MR) is 50.8 cm³/mol. The van der Waals surface area contributed by atoms with E-state index in [1.807, 2.05) is 0 Å². The van der Waals surface area contributed by atoms with Gasteiger partial charge in [-0.1, -0.05) is 0 Å². The number of nitrogens with one attached hydrogen (secondary N) is 1. The van der Waals surface area contributed by atoms with Gasteiger partial charge in [0, 0.05) is 32.6 Å². The topological polar surface area (TPSA) is 52.6 Å². The molecule has 13 heavy (non-hydrogen) atoms. The second kappa shape index (κ2) is 5.42. The molecule has 0 aromatic carbocycles. The fourth-order valence-electron chi connectivity index (χ4n) is 1.36. The average molecular weight is 207 g/mol. The van der Waals surface area contributed by atoms with Gasteiger partial charge in [0.15, 0.2) is 0 Å². The maximum Gasteiger partial charge on any atom is 0.224 e. The Kier molecular flexibility index (Phi) is 4.48. The van der Waals surface area contributed by atoms with Crippen molar-refractivity contribution in [1.82, 2.24) is 10.2 Å². The Hall–Kier alpha value is -0.320. The molecule has 2 N–H and O–H groups in total. The molecule has 1 atom stereocenters. The van der Waals surface area contributed by atoms with Crippen LogP contribution in [0.25, 0.3) is 0 Å². The summed E-state index contributed by atoms with van der Waals surface area (Å²) >= 11 is 5.82. The molecule has 1 saturated heterocycles. The second-order valence-corrected chi connectivity index (χ2v) is 3.73. The summed E-state index contributed by atoms with van der Waals surface area (Å²) in [5, 5.41) is 11.5. The Bertz CT molecular complexity index is 178. The van der Waals surface area contributed by atoms with Crippen molar-refractivity contribution in [1.29, 1.82) is 0 Å². The van der Waals surface area contributed by atoms with Crippen molar-refractivity contribution in [3.05, 3.63) is 0 Å². The van der Waals surface area contributed by atoms with Gasteiger partial charge in [0.1, 0.15) is 0 Å². The Morgan fingerprint density at radius 2 is 2.38 bits per heavy atom. The molecule has 1 aliphatic heterocycles. The molecule has 0 saturated carbocycles. The number of halogens is 1. The van der Waals surface area contributed by atoms with Gasteiger partial charge < -0.3 is 15.3 Å². The summed E-state index contributed by atoms with van der Waals surface area (Å²) in [5.41, 5.74) is 0. The quantitative estimate of drug-likeness (QED) is 0.467. The smallest absolute Gasteiger partial charge is 0.224 e. The predicted octanol–water partition coefficient (Wildman–Crippen LogP) is -0.592. The van der Waals surface area contributed by atoms with E-state index in [2.05, 4.69) is 5.32 Å². The number of hydrogen-bond donors (Lipinski definition) is 2. The third kappa shape index (κ3) is 3.50. The van der Waals surface area contributed by atoms with Crippen LogP contribution in [0, 0.1) is 0 Å². The molecule has 1 heterocycles. The second-order valence-electron chi connectivity index (χ2n) is 3.11. The highest BCUT2D eigenvalue weighted by atomic mass is 35.5. The summed E-state index contributed by atoms with van der Waals surface area (Å²) in [6.07, 6.45) is 0.460. The maximum atomic E-state index is 11.2. The van der Waals surface area contributed by atoms with Gasteiger partial charge in [-0.25, -0.2) is 0 Å². The lowest BCUT2D eigenvalue weighted by atomic mass is 10.4. The van der Waals surface area contributed by atoms with Crippen molar-refractivity contribution in [2.75, 3.05) is 32.8 Å². The van der Waals surface area contributed by atoms with E-state index in [1.54, 1.807) is 4.90 Å². The minimum Gasteiger partial charge on any atom is -0.395 e. The van der Waals surface area contributed by atoms with Crippen LogP contribution in [0.1, 0.15) is 6.42 Å². The van der Waals surface area contributed by atoms with E-state index in [1.165, 1.54) is 0 Å². The molecule has 1 aliphatic rings. The van der Waals surface area contributed by atoms with Gasteiger partial charge in [-0.3, -0.25) is 4.79 Å². The number of carbonyl (C=O) groups is 1. The molecule has 0 aromatic rings. The van der Waals surface area contributed by atoms with Crippen molar-refractivity contribution < 1.29 is 9.90 Å².